The third-order valence-electron chi connectivity index (χ3n) is 4.39. The van der Waals surface area contributed by atoms with Crippen molar-refractivity contribution < 1.29 is 19.1 Å². The molecule has 7 heteroatoms. The van der Waals surface area contributed by atoms with Gasteiger partial charge in [-0.15, -0.1) is 0 Å². The number of hydrogen-bond donors (Lipinski definition) is 2. The summed E-state index contributed by atoms with van der Waals surface area (Å²) in [5.74, 6) is -0.578. The van der Waals surface area contributed by atoms with Gasteiger partial charge in [0.2, 0.25) is 0 Å². The maximum atomic E-state index is 12.6. The molecule has 0 spiro atoms. The van der Waals surface area contributed by atoms with Crippen LogP contribution in [0.25, 0.3) is 0 Å². The number of nitrogens with one attached hydrogen (secondary N) is 2. The molecule has 2 N–H and O–H groups in total. The molecular weight excluding hydrogens is 358 g/mol. The van der Waals surface area contributed by atoms with Gasteiger partial charge in [0.1, 0.15) is 5.69 Å². The average molecular weight is 383 g/mol. The molecule has 0 radical (unpaired) electrons. The Bertz CT molecular complexity index is 805. The summed E-state index contributed by atoms with van der Waals surface area (Å²) in [5.41, 5.74) is 2.35. The van der Waals surface area contributed by atoms with E-state index in [1.54, 1.807) is 6.07 Å². The van der Waals surface area contributed by atoms with Crippen LogP contribution < -0.4 is 10.6 Å². The molecule has 1 saturated heterocycles. The zero-order valence-corrected chi connectivity index (χ0v) is 15.9. The van der Waals surface area contributed by atoms with Crippen molar-refractivity contribution in [3.05, 3.63) is 65.0 Å². The summed E-state index contributed by atoms with van der Waals surface area (Å²) in [7, 11) is 1.54. The van der Waals surface area contributed by atoms with E-state index in [-0.39, 0.29) is 23.8 Å². The molecule has 1 aliphatic rings. The Hall–Kier alpha value is -2.77. The van der Waals surface area contributed by atoms with Gasteiger partial charge in [-0.05, 0) is 24.1 Å². The molecule has 0 unspecified atom stereocenters. The number of hydrogen-bond acceptors (Lipinski definition) is 5. The number of aromatic nitrogens is 1. The minimum atomic E-state index is -0.326. The fraction of sp³-hybridized carbons (Fsp3) is 0.381. The second kappa shape index (κ2) is 9.96. The lowest BCUT2D eigenvalue weighted by Crippen LogP contribution is -2.32. The van der Waals surface area contributed by atoms with Gasteiger partial charge in [-0.25, -0.2) is 4.98 Å². The number of carbonyl (C=O) groups excluding carboxylic acids is 2. The van der Waals surface area contributed by atoms with Gasteiger partial charge in [0, 0.05) is 37.7 Å². The van der Waals surface area contributed by atoms with Crippen LogP contribution in [0.4, 0.5) is 0 Å². The largest absolute Gasteiger partial charge is 0.354 e. The van der Waals surface area contributed by atoms with Crippen LogP contribution in [-0.4, -0.2) is 49.9 Å². The lowest BCUT2D eigenvalue weighted by Gasteiger charge is -2.23. The van der Waals surface area contributed by atoms with Gasteiger partial charge in [0.15, 0.2) is 6.29 Å². The Morgan fingerprint density at radius 2 is 1.86 bits per heavy atom. The standard InChI is InChI=1S/C21H25N3O4/c1-22-21(26)18-14-16(13-17(24-18)12-15-6-3-2-4-7-15)20(25)23-9-8-19-27-10-5-11-28-19/h2-4,6-7,13-14,19H,5,8-12H2,1H3,(H,22,26)(H,23,25). The molecular formula is C21H25N3O4. The van der Waals surface area contributed by atoms with E-state index < -0.39 is 0 Å². The van der Waals surface area contributed by atoms with Gasteiger partial charge in [0.05, 0.1) is 13.2 Å². The maximum Gasteiger partial charge on any atom is 0.269 e. The minimum Gasteiger partial charge on any atom is -0.354 e. The highest BCUT2D eigenvalue weighted by Gasteiger charge is 2.16. The molecule has 148 valence electrons. The summed E-state index contributed by atoms with van der Waals surface area (Å²) in [6, 6.07) is 13.0. The van der Waals surface area contributed by atoms with Crippen LogP contribution in [0.15, 0.2) is 42.5 Å². The van der Waals surface area contributed by atoms with Gasteiger partial charge < -0.3 is 20.1 Å². The minimum absolute atomic E-state index is 0.222. The van der Waals surface area contributed by atoms with Crippen molar-refractivity contribution in [2.45, 2.75) is 25.6 Å². The van der Waals surface area contributed by atoms with Crippen molar-refractivity contribution >= 4 is 11.8 Å². The maximum absolute atomic E-state index is 12.6. The Morgan fingerprint density at radius 1 is 1.11 bits per heavy atom. The molecule has 2 aromatic rings. The van der Waals surface area contributed by atoms with E-state index in [0.29, 0.717) is 43.9 Å². The predicted molar refractivity (Wildman–Crippen MR) is 104 cm³/mol. The lowest BCUT2D eigenvalue weighted by molar-refractivity contribution is -0.180. The van der Waals surface area contributed by atoms with Crippen LogP contribution in [0.5, 0.6) is 0 Å². The quantitative estimate of drug-likeness (QED) is 0.762. The zero-order valence-electron chi connectivity index (χ0n) is 15.9. The third-order valence-corrected chi connectivity index (χ3v) is 4.39. The van der Waals surface area contributed by atoms with Crippen molar-refractivity contribution in [3.63, 3.8) is 0 Å². The van der Waals surface area contributed by atoms with Crippen molar-refractivity contribution in [3.8, 4) is 0 Å². The van der Waals surface area contributed by atoms with E-state index >= 15 is 0 Å². The van der Waals surface area contributed by atoms with E-state index in [2.05, 4.69) is 15.6 Å². The van der Waals surface area contributed by atoms with Gasteiger partial charge >= 0.3 is 0 Å². The fourth-order valence-corrected chi connectivity index (χ4v) is 2.97. The second-order valence-electron chi connectivity index (χ2n) is 6.54. The first-order valence-electron chi connectivity index (χ1n) is 9.44. The van der Waals surface area contributed by atoms with Crippen LogP contribution >= 0.6 is 0 Å². The highest BCUT2D eigenvalue weighted by molar-refractivity contribution is 5.98. The van der Waals surface area contributed by atoms with Crippen molar-refractivity contribution in [2.75, 3.05) is 26.8 Å². The zero-order chi connectivity index (χ0) is 19.8. The van der Waals surface area contributed by atoms with Crippen LogP contribution in [-0.2, 0) is 15.9 Å². The summed E-state index contributed by atoms with van der Waals surface area (Å²) in [6.45, 7) is 1.79. The van der Waals surface area contributed by atoms with Gasteiger partial charge in [-0.1, -0.05) is 30.3 Å². The average Bonchev–Trinajstić information content (AvgIpc) is 2.74. The summed E-state index contributed by atoms with van der Waals surface area (Å²) in [4.78, 5) is 29.1. The number of amides is 2. The van der Waals surface area contributed by atoms with E-state index in [1.807, 2.05) is 30.3 Å². The number of nitrogens with zero attached hydrogens (tertiary/aromatic N) is 1. The molecule has 3 rings (SSSR count). The monoisotopic (exact) mass is 383 g/mol. The van der Waals surface area contributed by atoms with Crippen molar-refractivity contribution in [1.29, 1.82) is 0 Å². The second-order valence-corrected chi connectivity index (χ2v) is 6.54. The van der Waals surface area contributed by atoms with Gasteiger partial charge in [0.25, 0.3) is 11.8 Å². The number of ether oxygens (including phenoxy) is 2. The molecule has 2 heterocycles. The topological polar surface area (TPSA) is 89.6 Å². The van der Waals surface area contributed by atoms with Crippen molar-refractivity contribution in [2.24, 2.45) is 0 Å². The first-order valence-corrected chi connectivity index (χ1v) is 9.44. The summed E-state index contributed by atoms with van der Waals surface area (Å²) < 4.78 is 11.0. The normalized spacial score (nSPS) is 14.5. The summed E-state index contributed by atoms with van der Waals surface area (Å²) in [6.07, 6.45) is 1.74. The van der Waals surface area contributed by atoms with E-state index in [9.17, 15) is 9.59 Å². The SMILES string of the molecule is CNC(=O)c1cc(C(=O)NCCC2OCCCO2)cc(Cc2ccccc2)n1. The molecule has 7 nitrogen and oxygen atoms in total. The van der Waals surface area contributed by atoms with Crippen molar-refractivity contribution in [1.82, 2.24) is 15.6 Å². The molecule has 0 saturated carbocycles. The summed E-state index contributed by atoms with van der Waals surface area (Å²) in [5, 5.41) is 5.42. The van der Waals surface area contributed by atoms with E-state index in [0.717, 1.165) is 12.0 Å². The van der Waals surface area contributed by atoms with E-state index in [4.69, 9.17) is 9.47 Å². The molecule has 1 fully saturated rings. The first-order chi connectivity index (χ1) is 13.7. The van der Waals surface area contributed by atoms with Crippen LogP contribution in [0.1, 0.15) is 44.9 Å². The number of rotatable bonds is 7. The smallest absolute Gasteiger partial charge is 0.269 e. The predicted octanol–water partition coefficient (Wildman–Crippen LogP) is 1.91. The van der Waals surface area contributed by atoms with Crippen LogP contribution in [0.3, 0.4) is 0 Å². The van der Waals surface area contributed by atoms with Crippen LogP contribution in [0.2, 0.25) is 0 Å². The fourth-order valence-electron chi connectivity index (χ4n) is 2.97. The van der Waals surface area contributed by atoms with Gasteiger partial charge in [-0.2, -0.15) is 0 Å². The molecule has 28 heavy (non-hydrogen) atoms. The Balaban J connectivity index is 1.69. The molecule has 1 aromatic heterocycles. The highest BCUT2D eigenvalue weighted by atomic mass is 16.7. The summed E-state index contributed by atoms with van der Waals surface area (Å²) >= 11 is 0. The molecule has 1 aliphatic heterocycles. The van der Waals surface area contributed by atoms with Crippen LogP contribution in [0, 0.1) is 0 Å². The number of pyridine rings is 1. The third kappa shape index (κ3) is 5.61. The molecule has 1 aromatic carbocycles. The Morgan fingerprint density at radius 3 is 2.57 bits per heavy atom. The number of benzene rings is 1. The lowest BCUT2D eigenvalue weighted by atomic mass is 10.1. The highest BCUT2D eigenvalue weighted by Crippen LogP contribution is 2.13. The molecule has 0 bridgehead atoms. The van der Waals surface area contributed by atoms with E-state index in [1.165, 1.54) is 13.1 Å². The molecule has 0 atom stereocenters. The molecule has 0 aliphatic carbocycles. The Labute approximate surface area is 164 Å². The Kier molecular flexibility index (Phi) is 7.11. The van der Waals surface area contributed by atoms with Gasteiger partial charge in [-0.3, -0.25) is 9.59 Å². The number of carbonyl (C=O) groups is 2. The molecule has 2 amide bonds. The first kappa shape index (κ1) is 20.0.